The van der Waals surface area contributed by atoms with Crippen molar-refractivity contribution < 1.29 is 4.79 Å². The topological polar surface area (TPSA) is 54.0 Å². The molecule has 1 fully saturated rings. The molecule has 4 heteroatoms. The molecule has 0 radical (unpaired) electrons. The minimum absolute atomic E-state index is 0.0888. The van der Waals surface area contributed by atoms with Crippen LogP contribution < -0.4 is 10.6 Å². The summed E-state index contributed by atoms with van der Waals surface area (Å²) in [6.07, 6.45) is 8.36. The Bertz CT molecular complexity index is 678. The van der Waals surface area contributed by atoms with Gasteiger partial charge in [0.1, 0.15) is 0 Å². The number of aryl methyl sites for hydroxylation is 1. The quantitative estimate of drug-likeness (QED) is 0.886. The molecule has 0 atom stereocenters. The number of hydrogen-bond donors (Lipinski definition) is 2. The SMILES string of the molecule is Cc1cccc(CNC(=O)c2cncc(NC3CCCC3)c2)c1. The second-order valence-corrected chi connectivity index (χ2v) is 6.26. The fraction of sp³-hybridized carbons (Fsp3) is 0.368. The lowest BCUT2D eigenvalue weighted by atomic mass is 10.1. The molecule has 1 aromatic carbocycles. The van der Waals surface area contributed by atoms with Crippen LogP contribution in [0.4, 0.5) is 5.69 Å². The second-order valence-electron chi connectivity index (χ2n) is 6.26. The number of aromatic nitrogens is 1. The summed E-state index contributed by atoms with van der Waals surface area (Å²) in [6, 6.07) is 10.6. The fourth-order valence-electron chi connectivity index (χ4n) is 3.06. The summed E-state index contributed by atoms with van der Waals surface area (Å²) in [5, 5.41) is 6.43. The first kappa shape index (κ1) is 15.5. The molecule has 2 aromatic rings. The standard InChI is InChI=1S/C19H23N3O/c1-14-5-4-6-15(9-14)11-21-19(23)16-10-18(13-20-12-16)22-17-7-2-3-8-17/h4-6,9-10,12-13,17,22H,2-3,7-8,11H2,1H3,(H,21,23). The third-order valence-corrected chi connectivity index (χ3v) is 4.26. The lowest BCUT2D eigenvalue weighted by molar-refractivity contribution is 0.0950. The summed E-state index contributed by atoms with van der Waals surface area (Å²) in [4.78, 5) is 16.5. The number of hydrogen-bond acceptors (Lipinski definition) is 3. The van der Waals surface area contributed by atoms with Gasteiger partial charge in [0.05, 0.1) is 11.3 Å². The van der Waals surface area contributed by atoms with E-state index >= 15 is 0 Å². The number of nitrogens with one attached hydrogen (secondary N) is 2. The second kappa shape index (κ2) is 7.27. The van der Waals surface area contributed by atoms with E-state index in [1.54, 1.807) is 12.4 Å². The Kier molecular flexibility index (Phi) is 4.91. The van der Waals surface area contributed by atoms with Gasteiger partial charge in [-0.25, -0.2) is 0 Å². The van der Waals surface area contributed by atoms with E-state index in [4.69, 9.17) is 0 Å². The number of carbonyl (C=O) groups is 1. The number of amides is 1. The zero-order valence-electron chi connectivity index (χ0n) is 13.5. The highest BCUT2D eigenvalue weighted by molar-refractivity contribution is 5.94. The van der Waals surface area contributed by atoms with E-state index in [9.17, 15) is 4.79 Å². The zero-order chi connectivity index (χ0) is 16.1. The minimum atomic E-state index is -0.0888. The molecule has 0 spiro atoms. The smallest absolute Gasteiger partial charge is 0.253 e. The molecule has 120 valence electrons. The molecule has 1 saturated carbocycles. The van der Waals surface area contributed by atoms with E-state index in [0.29, 0.717) is 18.2 Å². The molecule has 0 bridgehead atoms. The van der Waals surface area contributed by atoms with Crippen LogP contribution in [-0.2, 0) is 6.54 Å². The summed E-state index contributed by atoms with van der Waals surface area (Å²) >= 11 is 0. The van der Waals surface area contributed by atoms with Crippen LogP contribution in [0.5, 0.6) is 0 Å². The van der Waals surface area contributed by atoms with Crippen molar-refractivity contribution in [3.63, 3.8) is 0 Å². The Morgan fingerprint density at radius 3 is 2.83 bits per heavy atom. The van der Waals surface area contributed by atoms with Gasteiger partial charge in [-0.1, -0.05) is 42.7 Å². The Labute approximate surface area is 137 Å². The van der Waals surface area contributed by atoms with Crippen LogP contribution in [0.1, 0.15) is 47.2 Å². The first-order valence-electron chi connectivity index (χ1n) is 8.26. The van der Waals surface area contributed by atoms with Gasteiger partial charge in [0, 0.05) is 25.0 Å². The summed E-state index contributed by atoms with van der Waals surface area (Å²) < 4.78 is 0. The third-order valence-electron chi connectivity index (χ3n) is 4.26. The van der Waals surface area contributed by atoms with Gasteiger partial charge in [0.25, 0.3) is 5.91 Å². The highest BCUT2D eigenvalue weighted by atomic mass is 16.1. The normalized spacial score (nSPS) is 14.7. The van der Waals surface area contributed by atoms with Gasteiger partial charge >= 0.3 is 0 Å². The molecule has 0 saturated heterocycles. The lowest BCUT2D eigenvalue weighted by Crippen LogP contribution is -2.23. The van der Waals surface area contributed by atoms with Gasteiger partial charge in [-0.15, -0.1) is 0 Å². The monoisotopic (exact) mass is 309 g/mol. The maximum atomic E-state index is 12.3. The molecule has 2 N–H and O–H groups in total. The summed E-state index contributed by atoms with van der Waals surface area (Å²) in [6.45, 7) is 2.58. The maximum Gasteiger partial charge on any atom is 0.253 e. The van der Waals surface area contributed by atoms with Crippen LogP contribution in [0.3, 0.4) is 0 Å². The molecule has 1 aromatic heterocycles. The largest absolute Gasteiger partial charge is 0.381 e. The zero-order valence-corrected chi connectivity index (χ0v) is 13.5. The Morgan fingerprint density at radius 2 is 2.04 bits per heavy atom. The average Bonchev–Trinajstić information content (AvgIpc) is 3.06. The summed E-state index contributed by atoms with van der Waals surface area (Å²) in [5.41, 5.74) is 3.83. The van der Waals surface area contributed by atoms with Crippen molar-refractivity contribution in [2.75, 3.05) is 5.32 Å². The molecule has 0 unspecified atom stereocenters. The van der Waals surface area contributed by atoms with E-state index < -0.39 is 0 Å². The molecule has 1 aliphatic rings. The number of rotatable bonds is 5. The minimum Gasteiger partial charge on any atom is -0.381 e. The van der Waals surface area contributed by atoms with Crippen molar-refractivity contribution in [2.24, 2.45) is 0 Å². The summed E-state index contributed by atoms with van der Waals surface area (Å²) in [7, 11) is 0. The van der Waals surface area contributed by atoms with Crippen molar-refractivity contribution in [3.05, 3.63) is 59.4 Å². The van der Waals surface area contributed by atoms with Gasteiger partial charge in [0.2, 0.25) is 0 Å². The third kappa shape index (κ3) is 4.31. The Morgan fingerprint density at radius 1 is 1.22 bits per heavy atom. The first-order chi connectivity index (χ1) is 11.2. The molecule has 3 rings (SSSR count). The predicted molar refractivity (Wildman–Crippen MR) is 92.5 cm³/mol. The van der Waals surface area contributed by atoms with Gasteiger partial charge < -0.3 is 10.6 Å². The van der Waals surface area contributed by atoms with Crippen molar-refractivity contribution in [3.8, 4) is 0 Å². The molecule has 1 amide bonds. The van der Waals surface area contributed by atoms with Gasteiger partial charge in [-0.3, -0.25) is 9.78 Å². The van der Waals surface area contributed by atoms with E-state index in [0.717, 1.165) is 11.3 Å². The van der Waals surface area contributed by atoms with Crippen LogP contribution in [0.2, 0.25) is 0 Å². The molecule has 1 aliphatic carbocycles. The first-order valence-corrected chi connectivity index (χ1v) is 8.26. The van der Waals surface area contributed by atoms with E-state index in [1.807, 2.05) is 31.2 Å². The number of carbonyl (C=O) groups excluding carboxylic acids is 1. The number of anilines is 1. The van der Waals surface area contributed by atoms with Crippen LogP contribution in [-0.4, -0.2) is 16.9 Å². The molecule has 0 aliphatic heterocycles. The molecular weight excluding hydrogens is 286 g/mol. The maximum absolute atomic E-state index is 12.3. The van der Waals surface area contributed by atoms with Crippen LogP contribution in [0.25, 0.3) is 0 Å². The van der Waals surface area contributed by atoms with Gasteiger partial charge in [0.15, 0.2) is 0 Å². The van der Waals surface area contributed by atoms with Crippen molar-refractivity contribution in [1.29, 1.82) is 0 Å². The van der Waals surface area contributed by atoms with Gasteiger partial charge in [-0.2, -0.15) is 0 Å². The number of nitrogens with zero attached hydrogens (tertiary/aromatic N) is 1. The van der Waals surface area contributed by atoms with Gasteiger partial charge in [-0.05, 0) is 31.4 Å². The van der Waals surface area contributed by atoms with Crippen LogP contribution in [0, 0.1) is 6.92 Å². The molecule has 4 nitrogen and oxygen atoms in total. The van der Waals surface area contributed by atoms with Crippen molar-refractivity contribution in [1.82, 2.24) is 10.3 Å². The highest BCUT2D eigenvalue weighted by Gasteiger charge is 2.15. The Hall–Kier alpha value is -2.36. The van der Waals surface area contributed by atoms with Crippen molar-refractivity contribution in [2.45, 2.75) is 45.2 Å². The predicted octanol–water partition coefficient (Wildman–Crippen LogP) is 3.67. The van der Waals surface area contributed by atoms with E-state index in [2.05, 4.69) is 21.7 Å². The number of benzene rings is 1. The molecule has 1 heterocycles. The Balaban J connectivity index is 1.60. The van der Waals surface area contributed by atoms with E-state index in [1.165, 1.54) is 31.2 Å². The molecular formula is C19H23N3O. The summed E-state index contributed by atoms with van der Waals surface area (Å²) in [5.74, 6) is -0.0888. The average molecular weight is 309 g/mol. The number of pyridine rings is 1. The van der Waals surface area contributed by atoms with Crippen LogP contribution >= 0.6 is 0 Å². The lowest BCUT2D eigenvalue weighted by Gasteiger charge is -2.14. The molecule has 23 heavy (non-hydrogen) atoms. The van der Waals surface area contributed by atoms with Crippen molar-refractivity contribution >= 4 is 11.6 Å². The van der Waals surface area contributed by atoms with E-state index in [-0.39, 0.29) is 5.91 Å². The fourth-order valence-corrected chi connectivity index (χ4v) is 3.06. The van der Waals surface area contributed by atoms with Crippen LogP contribution in [0.15, 0.2) is 42.7 Å². The highest BCUT2D eigenvalue weighted by Crippen LogP contribution is 2.22.